The van der Waals surface area contributed by atoms with Crippen molar-refractivity contribution in [2.24, 2.45) is 5.92 Å². The molecule has 1 aromatic carbocycles. The summed E-state index contributed by atoms with van der Waals surface area (Å²) < 4.78 is 20.7. The van der Waals surface area contributed by atoms with E-state index in [9.17, 15) is 9.59 Å². The van der Waals surface area contributed by atoms with Crippen molar-refractivity contribution in [3.63, 3.8) is 0 Å². The highest BCUT2D eigenvalue weighted by molar-refractivity contribution is 5.95. The van der Waals surface area contributed by atoms with Crippen molar-refractivity contribution >= 4 is 17.7 Å². The van der Waals surface area contributed by atoms with Gasteiger partial charge in [0.05, 0.1) is 19.3 Å². The number of esters is 1. The number of anilines is 1. The number of rotatable bonds is 8. The number of carbonyl (C=O) groups is 2. The molecule has 0 atom stereocenters. The molecule has 0 saturated heterocycles. The Balaban J connectivity index is 1.92. The first-order chi connectivity index (χ1) is 12.4. The van der Waals surface area contributed by atoms with Gasteiger partial charge in [0.25, 0.3) is 5.91 Å². The van der Waals surface area contributed by atoms with Crippen molar-refractivity contribution in [1.29, 1.82) is 0 Å². The summed E-state index contributed by atoms with van der Waals surface area (Å²) in [5.74, 6) is 0.970. The van der Waals surface area contributed by atoms with Crippen molar-refractivity contribution < 1.29 is 28.3 Å². The number of hydrogen-bond acceptors (Lipinski definition) is 7. The zero-order chi connectivity index (χ0) is 19.1. The lowest BCUT2D eigenvalue weighted by molar-refractivity contribution is -0.119. The van der Waals surface area contributed by atoms with E-state index in [0.717, 1.165) is 0 Å². The molecule has 0 aliphatic heterocycles. The van der Waals surface area contributed by atoms with E-state index in [1.54, 1.807) is 25.1 Å². The summed E-state index contributed by atoms with van der Waals surface area (Å²) in [6.45, 7) is 5.85. The van der Waals surface area contributed by atoms with E-state index in [2.05, 4.69) is 10.5 Å². The highest BCUT2D eigenvalue weighted by atomic mass is 16.5. The van der Waals surface area contributed by atoms with Gasteiger partial charge in [0.2, 0.25) is 0 Å². The summed E-state index contributed by atoms with van der Waals surface area (Å²) in [4.78, 5) is 23.9. The largest absolute Gasteiger partial charge is 0.493 e. The molecule has 8 heteroatoms. The Labute approximate surface area is 151 Å². The van der Waals surface area contributed by atoms with Crippen LogP contribution in [-0.4, -0.2) is 37.4 Å². The number of amides is 1. The third-order valence-electron chi connectivity index (χ3n) is 3.20. The number of nitrogens with zero attached hydrogens (tertiary/aromatic N) is 1. The summed E-state index contributed by atoms with van der Waals surface area (Å²) in [7, 11) is 1.49. The van der Waals surface area contributed by atoms with E-state index < -0.39 is 18.5 Å². The van der Waals surface area contributed by atoms with Gasteiger partial charge >= 0.3 is 5.97 Å². The third kappa shape index (κ3) is 5.51. The van der Waals surface area contributed by atoms with Crippen LogP contribution in [0.5, 0.6) is 11.5 Å². The van der Waals surface area contributed by atoms with Gasteiger partial charge in [-0.15, -0.1) is 0 Å². The molecule has 0 unspecified atom stereocenters. The number of ether oxygens (including phenoxy) is 3. The molecule has 1 heterocycles. The molecule has 0 bridgehead atoms. The molecule has 1 aromatic heterocycles. The second kappa shape index (κ2) is 8.89. The molecule has 0 aliphatic rings. The smallest absolute Gasteiger partial charge is 0.338 e. The highest BCUT2D eigenvalue weighted by Gasteiger charge is 2.15. The van der Waals surface area contributed by atoms with Crippen molar-refractivity contribution in [2.75, 3.05) is 25.6 Å². The average Bonchev–Trinajstić information content (AvgIpc) is 3.02. The Kier molecular flexibility index (Phi) is 6.60. The molecule has 1 N–H and O–H groups in total. The monoisotopic (exact) mass is 362 g/mol. The number of aromatic nitrogens is 1. The Morgan fingerprint density at radius 2 is 2.00 bits per heavy atom. The molecular formula is C18H22N2O6. The van der Waals surface area contributed by atoms with E-state index in [0.29, 0.717) is 29.8 Å². The van der Waals surface area contributed by atoms with E-state index in [1.807, 2.05) is 13.8 Å². The van der Waals surface area contributed by atoms with Crippen LogP contribution < -0.4 is 14.8 Å². The predicted octanol–water partition coefficient (Wildman–Crippen LogP) is 2.82. The maximum atomic E-state index is 12.1. The standard InChI is InChI=1S/C18H22N2O6/c1-11(2)9-24-14-6-5-13(8-15(14)23-4)18(22)25-10-17(21)19-16-7-12(3)26-20-16/h5-8,11H,9-10H2,1-4H3,(H,19,20,21). The van der Waals surface area contributed by atoms with Crippen molar-refractivity contribution in [2.45, 2.75) is 20.8 Å². The number of methoxy groups -OCH3 is 1. The van der Waals surface area contributed by atoms with Crippen molar-refractivity contribution in [3.05, 3.63) is 35.6 Å². The zero-order valence-corrected chi connectivity index (χ0v) is 15.2. The number of aryl methyl sites for hydroxylation is 1. The fraction of sp³-hybridized carbons (Fsp3) is 0.389. The highest BCUT2D eigenvalue weighted by Crippen LogP contribution is 2.28. The summed E-state index contributed by atoms with van der Waals surface area (Å²) in [5.41, 5.74) is 0.254. The second-order valence-corrected chi connectivity index (χ2v) is 6.02. The van der Waals surface area contributed by atoms with Crippen LogP contribution in [0, 0.1) is 12.8 Å². The molecule has 8 nitrogen and oxygen atoms in total. The van der Waals surface area contributed by atoms with Crippen molar-refractivity contribution in [3.8, 4) is 11.5 Å². The lowest BCUT2D eigenvalue weighted by Gasteiger charge is -2.13. The zero-order valence-electron chi connectivity index (χ0n) is 15.2. The first-order valence-corrected chi connectivity index (χ1v) is 8.10. The number of nitrogens with one attached hydrogen (secondary N) is 1. The molecule has 1 amide bonds. The number of carbonyl (C=O) groups excluding carboxylic acids is 2. The topological polar surface area (TPSA) is 99.9 Å². The van der Waals surface area contributed by atoms with Gasteiger partial charge in [-0.2, -0.15) is 0 Å². The molecular weight excluding hydrogens is 340 g/mol. The minimum Gasteiger partial charge on any atom is -0.493 e. The van der Waals surface area contributed by atoms with Gasteiger partial charge in [0.15, 0.2) is 23.9 Å². The average molecular weight is 362 g/mol. The maximum Gasteiger partial charge on any atom is 0.338 e. The molecule has 0 spiro atoms. The minimum absolute atomic E-state index is 0.254. The summed E-state index contributed by atoms with van der Waals surface area (Å²) in [5, 5.41) is 6.09. The second-order valence-electron chi connectivity index (χ2n) is 6.02. The van der Waals surface area contributed by atoms with E-state index in [-0.39, 0.29) is 11.4 Å². The van der Waals surface area contributed by atoms with Crippen LogP contribution in [-0.2, 0) is 9.53 Å². The Morgan fingerprint density at radius 3 is 2.62 bits per heavy atom. The van der Waals surface area contributed by atoms with Gasteiger partial charge in [0.1, 0.15) is 5.76 Å². The van der Waals surface area contributed by atoms with Crippen LogP contribution in [0.4, 0.5) is 5.82 Å². The Morgan fingerprint density at radius 1 is 1.23 bits per heavy atom. The van der Waals surface area contributed by atoms with Gasteiger partial charge in [-0.25, -0.2) is 4.79 Å². The van der Waals surface area contributed by atoms with Crippen molar-refractivity contribution in [1.82, 2.24) is 5.16 Å². The lowest BCUT2D eigenvalue weighted by atomic mass is 10.2. The molecule has 2 rings (SSSR count). The molecule has 26 heavy (non-hydrogen) atoms. The third-order valence-corrected chi connectivity index (χ3v) is 3.20. The summed E-state index contributed by atoms with van der Waals surface area (Å²) in [6, 6.07) is 6.26. The Hall–Kier alpha value is -3.03. The maximum absolute atomic E-state index is 12.1. The van der Waals surface area contributed by atoms with Gasteiger partial charge in [-0.05, 0) is 31.0 Å². The van der Waals surface area contributed by atoms with E-state index >= 15 is 0 Å². The van der Waals surface area contributed by atoms with Crippen LogP contribution in [0.15, 0.2) is 28.8 Å². The van der Waals surface area contributed by atoms with E-state index in [4.69, 9.17) is 18.7 Å². The van der Waals surface area contributed by atoms with E-state index in [1.165, 1.54) is 13.2 Å². The van der Waals surface area contributed by atoms with Gasteiger partial charge in [-0.3, -0.25) is 4.79 Å². The molecule has 2 aromatic rings. The number of benzene rings is 1. The van der Waals surface area contributed by atoms with Crippen LogP contribution in [0.3, 0.4) is 0 Å². The minimum atomic E-state index is -0.648. The lowest BCUT2D eigenvalue weighted by Crippen LogP contribution is -2.21. The Bertz CT molecular complexity index is 769. The fourth-order valence-corrected chi connectivity index (χ4v) is 1.99. The van der Waals surface area contributed by atoms with Crippen LogP contribution in [0.25, 0.3) is 0 Å². The molecule has 140 valence electrons. The van der Waals surface area contributed by atoms with Crippen LogP contribution in [0.1, 0.15) is 30.0 Å². The molecule has 0 aliphatic carbocycles. The number of hydrogen-bond donors (Lipinski definition) is 1. The summed E-state index contributed by atoms with van der Waals surface area (Å²) >= 11 is 0. The normalized spacial score (nSPS) is 10.5. The van der Waals surface area contributed by atoms with Gasteiger partial charge in [-0.1, -0.05) is 19.0 Å². The quantitative estimate of drug-likeness (QED) is 0.721. The van der Waals surface area contributed by atoms with Gasteiger partial charge < -0.3 is 24.1 Å². The molecule has 0 saturated carbocycles. The van der Waals surface area contributed by atoms with Gasteiger partial charge in [0, 0.05) is 6.07 Å². The first kappa shape index (κ1) is 19.3. The first-order valence-electron chi connectivity index (χ1n) is 8.10. The van der Waals surface area contributed by atoms with Crippen LogP contribution in [0.2, 0.25) is 0 Å². The predicted molar refractivity (Wildman–Crippen MR) is 93.5 cm³/mol. The summed E-state index contributed by atoms with van der Waals surface area (Å²) in [6.07, 6.45) is 0. The fourth-order valence-electron chi connectivity index (χ4n) is 1.99. The molecule has 0 fully saturated rings. The molecule has 0 radical (unpaired) electrons. The van der Waals surface area contributed by atoms with Crippen LogP contribution >= 0.6 is 0 Å². The SMILES string of the molecule is COc1cc(C(=O)OCC(=O)Nc2cc(C)on2)ccc1OCC(C)C.